The first kappa shape index (κ1) is 32.2. The number of β-amino-alcohol motifs (C(OH)–C–C–N with tert-alkyl or cyclic N) is 1. The molecule has 2 aromatic rings. The number of primary amides is 1. The number of carbonyl (C=O) groups is 4. The quantitative estimate of drug-likeness (QED) is 0.265. The van der Waals surface area contributed by atoms with Gasteiger partial charge in [-0.2, -0.15) is 0 Å². The number of hydrogen-bond acceptors (Lipinski definition) is 7. The molecular formula is C30H43N5O5S. The van der Waals surface area contributed by atoms with Gasteiger partial charge in [-0.1, -0.05) is 57.9 Å². The topological polar surface area (TPSA) is 155 Å². The minimum absolute atomic E-state index is 0.0299. The van der Waals surface area contributed by atoms with Gasteiger partial charge < -0.3 is 26.4 Å². The Hall–Kier alpha value is -3.31. The maximum absolute atomic E-state index is 13.7. The highest BCUT2D eigenvalue weighted by molar-refractivity contribution is 7.13. The van der Waals surface area contributed by atoms with E-state index >= 15 is 0 Å². The zero-order chi connectivity index (χ0) is 30.2. The Morgan fingerprint density at radius 2 is 1.76 bits per heavy atom. The van der Waals surface area contributed by atoms with E-state index < -0.39 is 23.6 Å². The molecule has 1 aromatic heterocycles. The molecule has 0 spiro atoms. The number of benzene rings is 1. The number of nitrogens with zero attached hydrogens (tertiary/aromatic N) is 2. The molecule has 3 rings (SSSR count). The van der Waals surface area contributed by atoms with Crippen LogP contribution in [-0.2, 0) is 25.7 Å². The Labute approximate surface area is 246 Å². The van der Waals surface area contributed by atoms with Gasteiger partial charge in [-0.25, -0.2) is 4.98 Å². The van der Waals surface area contributed by atoms with Gasteiger partial charge in [0.2, 0.25) is 23.6 Å². The predicted octanol–water partition coefficient (Wildman–Crippen LogP) is 3.05. The molecule has 1 aliphatic rings. The average molecular weight is 586 g/mol. The lowest BCUT2D eigenvalue weighted by atomic mass is 9.85. The van der Waals surface area contributed by atoms with Gasteiger partial charge in [-0.15, -0.1) is 11.3 Å². The summed E-state index contributed by atoms with van der Waals surface area (Å²) in [6.07, 6.45) is 2.81. The minimum Gasteiger partial charge on any atom is -0.391 e. The van der Waals surface area contributed by atoms with Gasteiger partial charge in [-0.3, -0.25) is 19.2 Å². The molecule has 0 unspecified atom stereocenters. The SMILES string of the molecule is Cc1ncsc1-c1ccc(CNC(=O)[C@@H]2C[C@@H](O)CN2C(=O)[C@@H](NC(=O)CCCCCCC(N)=O)C(C)(C)C)cc1. The first-order valence-electron chi connectivity index (χ1n) is 14.2. The average Bonchev–Trinajstić information content (AvgIpc) is 3.52. The molecule has 41 heavy (non-hydrogen) atoms. The number of aromatic nitrogens is 1. The minimum atomic E-state index is -0.854. The van der Waals surface area contributed by atoms with Crippen molar-refractivity contribution >= 4 is 35.0 Å². The fourth-order valence-electron chi connectivity index (χ4n) is 4.95. The normalized spacial score (nSPS) is 17.7. The fourth-order valence-corrected chi connectivity index (χ4v) is 5.76. The van der Waals surface area contributed by atoms with Gasteiger partial charge in [-0.05, 0) is 36.3 Å². The van der Waals surface area contributed by atoms with Crippen molar-refractivity contribution in [1.82, 2.24) is 20.5 Å². The van der Waals surface area contributed by atoms with Crippen molar-refractivity contribution in [2.45, 2.75) is 97.4 Å². The molecule has 3 atom stereocenters. The summed E-state index contributed by atoms with van der Waals surface area (Å²) >= 11 is 1.58. The molecule has 0 aliphatic carbocycles. The summed E-state index contributed by atoms with van der Waals surface area (Å²) in [5, 5.41) is 16.2. The van der Waals surface area contributed by atoms with Gasteiger partial charge in [0.25, 0.3) is 0 Å². The second-order valence-electron chi connectivity index (χ2n) is 11.8. The van der Waals surface area contributed by atoms with Crippen LogP contribution in [0.5, 0.6) is 0 Å². The first-order chi connectivity index (χ1) is 19.4. The summed E-state index contributed by atoms with van der Waals surface area (Å²) in [5.74, 6) is -1.30. The molecular weight excluding hydrogens is 542 g/mol. The largest absolute Gasteiger partial charge is 0.391 e. The van der Waals surface area contributed by atoms with Crippen molar-refractivity contribution in [3.05, 3.63) is 41.0 Å². The number of unbranched alkanes of at least 4 members (excludes halogenated alkanes) is 3. The highest BCUT2D eigenvalue weighted by Gasteiger charge is 2.44. The van der Waals surface area contributed by atoms with E-state index in [0.717, 1.165) is 34.5 Å². The van der Waals surface area contributed by atoms with Crippen LogP contribution in [0.2, 0.25) is 0 Å². The molecule has 10 nitrogen and oxygen atoms in total. The van der Waals surface area contributed by atoms with E-state index in [2.05, 4.69) is 15.6 Å². The number of carbonyl (C=O) groups excluding carboxylic acids is 4. The number of hydrogen-bond donors (Lipinski definition) is 4. The molecule has 1 aliphatic heterocycles. The van der Waals surface area contributed by atoms with Crippen LogP contribution in [0.4, 0.5) is 0 Å². The summed E-state index contributed by atoms with van der Waals surface area (Å²) < 4.78 is 0. The first-order valence-corrected chi connectivity index (χ1v) is 15.1. The Kier molecular flexibility index (Phi) is 11.4. The van der Waals surface area contributed by atoms with Crippen LogP contribution in [0.1, 0.15) is 77.0 Å². The monoisotopic (exact) mass is 585 g/mol. The standard InChI is InChI=1S/C30H43N5O5S/c1-19-26(41-18-33-19)21-13-11-20(12-14-21)16-32-28(39)23-15-22(36)17-35(23)29(40)27(30(2,3)4)34-25(38)10-8-6-5-7-9-24(31)37/h11-14,18,22-23,27,36H,5-10,15-17H2,1-4H3,(H2,31,37)(H,32,39)(H,34,38)/t22-,23+,27-/m1/s1. The van der Waals surface area contributed by atoms with E-state index in [0.29, 0.717) is 19.3 Å². The van der Waals surface area contributed by atoms with Crippen molar-refractivity contribution < 1.29 is 24.3 Å². The van der Waals surface area contributed by atoms with Crippen LogP contribution in [0, 0.1) is 12.3 Å². The Morgan fingerprint density at radius 1 is 1.10 bits per heavy atom. The van der Waals surface area contributed by atoms with Crippen LogP contribution in [0.3, 0.4) is 0 Å². The molecule has 1 saturated heterocycles. The summed E-state index contributed by atoms with van der Waals surface area (Å²) in [5.41, 5.74) is 9.31. The third kappa shape index (κ3) is 9.36. The van der Waals surface area contributed by atoms with Crippen molar-refractivity contribution in [3.63, 3.8) is 0 Å². The predicted molar refractivity (Wildman–Crippen MR) is 159 cm³/mol. The second kappa shape index (κ2) is 14.5. The number of aliphatic hydroxyl groups excluding tert-OH is 1. The second-order valence-corrected chi connectivity index (χ2v) is 12.7. The molecule has 4 amide bonds. The van der Waals surface area contributed by atoms with Crippen LogP contribution in [0.25, 0.3) is 10.4 Å². The number of rotatable bonds is 13. The Morgan fingerprint density at radius 3 is 2.34 bits per heavy atom. The Bertz CT molecular complexity index is 1210. The van der Waals surface area contributed by atoms with Gasteiger partial charge >= 0.3 is 0 Å². The Balaban J connectivity index is 1.58. The zero-order valence-electron chi connectivity index (χ0n) is 24.4. The summed E-state index contributed by atoms with van der Waals surface area (Å²) in [6.45, 7) is 7.86. The van der Waals surface area contributed by atoms with E-state index in [1.165, 1.54) is 4.90 Å². The van der Waals surface area contributed by atoms with Crippen LogP contribution in [0.15, 0.2) is 29.8 Å². The van der Waals surface area contributed by atoms with E-state index in [1.807, 2.05) is 57.5 Å². The van der Waals surface area contributed by atoms with Crippen molar-refractivity contribution in [3.8, 4) is 10.4 Å². The zero-order valence-corrected chi connectivity index (χ0v) is 25.3. The summed E-state index contributed by atoms with van der Waals surface area (Å²) in [4.78, 5) is 57.3. The van der Waals surface area contributed by atoms with Gasteiger partial charge in [0.1, 0.15) is 12.1 Å². The molecule has 0 bridgehead atoms. The summed E-state index contributed by atoms with van der Waals surface area (Å²) in [6, 6.07) is 6.20. The maximum Gasteiger partial charge on any atom is 0.246 e. The number of likely N-dealkylation sites (tertiary alicyclic amines) is 1. The summed E-state index contributed by atoms with van der Waals surface area (Å²) in [7, 11) is 0. The van der Waals surface area contributed by atoms with Gasteiger partial charge in [0, 0.05) is 32.4 Å². The van der Waals surface area contributed by atoms with E-state index in [-0.39, 0.29) is 49.6 Å². The molecule has 0 radical (unpaired) electrons. The molecule has 11 heteroatoms. The lowest BCUT2D eigenvalue weighted by Crippen LogP contribution is -2.57. The molecule has 1 aromatic carbocycles. The molecule has 0 saturated carbocycles. The number of nitrogens with two attached hydrogens (primary N) is 1. The van der Waals surface area contributed by atoms with Crippen molar-refractivity contribution in [1.29, 1.82) is 0 Å². The van der Waals surface area contributed by atoms with Crippen LogP contribution >= 0.6 is 11.3 Å². The van der Waals surface area contributed by atoms with Gasteiger partial charge in [0.05, 0.1) is 22.2 Å². The van der Waals surface area contributed by atoms with E-state index in [9.17, 15) is 24.3 Å². The number of amides is 4. The third-order valence-corrected chi connectivity index (χ3v) is 8.27. The van der Waals surface area contributed by atoms with Crippen LogP contribution < -0.4 is 16.4 Å². The molecule has 5 N–H and O–H groups in total. The van der Waals surface area contributed by atoms with Crippen molar-refractivity contribution in [2.24, 2.45) is 11.1 Å². The maximum atomic E-state index is 13.7. The third-order valence-electron chi connectivity index (χ3n) is 7.29. The smallest absolute Gasteiger partial charge is 0.246 e. The molecule has 224 valence electrons. The number of thiazole rings is 1. The number of aryl methyl sites for hydroxylation is 1. The van der Waals surface area contributed by atoms with Gasteiger partial charge in [0.15, 0.2) is 0 Å². The van der Waals surface area contributed by atoms with Crippen LogP contribution in [-0.4, -0.2) is 63.4 Å². The van der Waals surface area contributed by atoms with E-state index in [1.54, 1.807) is 11.3 Å². The fraction of sp³-hybridized carbons (Fsp3) is 0.567. The van der Waals surface area contributed by atoms with Crippen molar-refractivity contribution in [2.75, 3.05) is 6.54 Å². The number of nitrogens with one attached hydrogen (secondary N) is 2. The number of aliphatic hydroxyl groups is 1. The lowest BCUT2D eigenvalue weighted by Gasteiger charge is -2.35. The molecule has 1 fully saturated rings. The lowest BCUT2D eigenvalue weighted by molar-refractivity contribution is -0.144. The molecule has 2 heterocycles. The van der Waals surface area contributed by atoms with E-state index in [4.69, 9.17) is 5.73 Å². The highest BCUT2D eigenvalue weighted by atomic mass is 32.1. The highest BCUT2D eigenvalue weighted by Crippen LogP contribution is 2.28.